The van der Waals surface area contributed by atoms with Crippen molar-refractivity contribution < 1.29 is 0 Å². The zero-order valence-corrected chi connectivity index (χ0v) is 14.6. The van der Waals surface area contributed by atoms with Gasteiger partial charge in [0.05, 0.1) is 0 Å². The van der Waals surface area contributed by atoms with Crippen molar-refractivity contribution in [3.05, 3.63) is 12.2 Å². The van der Waals surface area contributed by atoms with Gasteiger partial charge in [0.15, 0.2) is 0 Å². The van der Waals surface area contributed by atoms with E-state index in [9.17, 15) is 0 Å². The fourth-order valence-electron chi connectivity index (χ4n) is 2.64. The molecule has 0 heterocycles. The van der Waals surface area contributed by atoms with Gasteiger partial charge < -0.3 is 0 Å². The van der Waals surface area contributed by atoms with Gasteiger partial charge in [0.2, 0.25) is 0 Å². The van der Waals surface area contributed by atoms with E-state index in [4.69, 9.17) is 11.6 Å². The van der Waals surface area contributed by atoms with E-state index in [1.165, 1.54) is 96.3 Å². The molecule has 0 aliphatic rings. The van der Waals surface area contributed by atoms with Gasteiger partial charge in [-0.1, -0.05) is 103 Å². The third-order valence-electron chi connectivity index (χ3n) is 3.98. The molecule has 0 saturated carbocycles. The SMILES string of the molecule is CCCCCCCCCCCCCCCCC=CCCl. The van der Waals surface area contributed by atoms with Crippen molar-refractivity contribution in [1.29, 1.82) is 0 Å². The highest BCUT2D eigenvalue weighted by Crippen LogP contribution is 2.13. The molecule has 0 bridgehead atoms. The smallest absolute Gasteiger partial charge is 0.0404 e. The molecule has 0 aliphatic carbocycles. The topological polar surface area (TPSA) is 0 Å². The van der Waals surface area contributed by atoms with Crippen LogP contribution in [-0.4, -0.2) is 5.88 Å². The van der Waals surface area contributed by atoms with Crippen LogP contribution in [0.2, 0.25) is 0 Å². The lowest BCUT2D eigenvalue weighted by molar-refractivity contribution is 0.536. The van der Waals surface area contributed by atoms with Crippen LogP contribution in [0.25, 0.3) is 0 Å². The summed E-state index contributed by atoms with van der Waals surface area (Å²) in [5, 5.41) is 0. The van der Waals surface area contributed by atoms with Gasteiger partial charge in [0, 0.05) is 5.88 Å². The monoisotopic (exact) mass is 300 g/mol. The van der Waals surface area contributed by atoms with E-state index in [1.807, 2.05) is 0 Å². The van der Waals surface area contributed by atoms with E-state index in [2.05, 4.69) is 19.1 Å². The molecule has 0 N–H and O–H groups in total. The minimum Gasteiger partial charge on any atom is -0.122 e. The van der Waals surface area contributed by atoms with Crippen LogP contribution >= 0.6 is 11.6 Å². The van der Waals surface area contributed by atoms with Gasteiger partial charge in [-0.3, -0.25) is 0 Å². The minimum absolute atomic E-state index is 0.665. The maximum absolute atomic E-state index is 5.58. The van der Waals surface area contributed by atoms with E-state index >= 15 is 0 Å². The number of alkyl halides is 1. The van der Waals surface area contributed by atoms with E-state index in [0.29, 0.717) is 5.88 Å². The largest absolute Gasteiger partial charge is 0.122 e. The molecule has 20 heavy (non-hydrogen) atoms. The standard InChI is InChI=1S/C19H37Cl/c1-2-3-4-5-6-7-8-9-10-11-12-13-14-15-16-17-18-19-20/h17-18H,2-16,19H2,1H3. The number of rotatable bonds is 16. The quantitative estimate of drug-likeness (QED) is 0.156. The van der Waals surface area contributed by atoms with Gasteiger partial charge in [-0.25, -0.2) is 0 Å². The van der Waals surface area contributed by atoms with Crippen molar-refractivity contribution in [2.75, 3.05) is 5.88 Å². The van der Waals surface area contributed by atoms with Crippen LogP contribution in [0.15, 0.2) is 12.2 Å². The Bertz CT molecular complexity index is 186. The van der Waals surface area contributed by atoms with Crippen molar-refractivity contribution in [3.63, 3.8) is 0 Å². The summed E-state index contributed by atoms with van der Waals surface area (Å²) in [6, 6.07) is 0. The fourth-order valence-corrected chi connectivity index (χ4v) is 2.76. The zero-order valence-electron chi connectivity index (χ0n) is 13.8. The highest BCUT2D eigenvalue weighted by molar-refractivity contribution is 6.18. The Morgan fingerprint density at radius 2 is 0.950 bits per heavy atom. The molecule has 0 nitrogen and oxygen atoms in total. The maximum Gasteiger partial charge on any atom is 0.0404 e. The Morgan fingerprint density at radius 1 is 0.550 bits per heavy atom. The van der Waals surface area contributed by atoms with Gasteiger partial charge in [0.1, 0.15) is 0 Å². The lowest BCUT2D eigenvalue weighted by Crippen LogP contribution is -1.83. The van der Waals surface area contributed by atoms with Crippen LogP contribution in [0.4, 0.5) is 0 Å². The van der Waals surface area contributed by atoms with Gasteiger partial charge in [-0.15, -0.1) is 11.6 Å². The first kappa shape index (κ1) is 20.0. The number of hydrogen-bond acceptors (Lipinski definition) is 0. The Labute approximate surface area is 133 Å². The summed E-state index contributed by atoms with van der Waals surface area (Å²) in [4.78, 5) is 0. The molecule has 120 valence electrons. The predicted octanol–water partition coefficient (Wildman–Crippen LogP) is 7.65. The summed E-state index contributed by atoms with van der Waals surface area (Å²) >= 11 is 5.58. The van der Waals surface area contributed by atoms with Crippen LogP contribution in [0.1, 0.15) is 103 Å². The molecule has 0 spiro atoms. The first-order valence-corrected chi connectivity index (χ1v) is 9.66. The first-order valence-electron chi connectivity index (χ1n) is 9.12. The molecule has 0 atom stereocenters. The third kappa shape index (κ3) is 18.0. The summed E-state index contributed by atoms with van der Waals surface area (Å²) in [7, 11) is 0. The van der Waals surface area contributed by atoms with E-state index < -0.39 is 0 Å². The second-order valence-electron chi connectivity index (χ2n) is 6.01. The van der Waals surface area contributed by atoms with Crippen LogP contribution < -0.4 is 0 Å². The maximum atomic E-state index is 5.58. The zero-order chi connectivity index (χ0) is 14.7. The molecule has 0 aromatic carbocycles. The minimum atomic E-state index is 0.665. The third-order valence-corrected chi connectivity index (χ3v) is 4.16. The Hall–Kier alpha value is 0.0300. The lowest BCUT2D eigenvalue weighted by atomic mass is 10.0. The van der Waals surface area contributed by atoms with Crippen LogP contribution in [0.3, 0.4) is 0 Å². The van der Waals surface area contributed by atoms with Gasteiger partial charge in [-0.05, 0) is 12.8 Å². The summed E-state index contributed by atoms with van der Waals surface area (Å²) < 4.78 is 0. The summed E-state index contributed by atoms with van der Waals surface area (Å²) in [5.41, 5.74) is 0. The number of halogens is 1. The number of unbranched alkanes of at least 4 members (excludes halogenated alkanes) is 14. The molecule has 0 unspecified atom stereocenters. The highest BCUT2D eigenvalue weighted by Gasteiger charge is 1.93. The second kappa shape index (κ2) is 19.0. The normalized spacial score (nSPS) is 11.5. The summed E-state index contributed by atoms with van der Waals surface area (Å²) in [6.07, 6.45) is 25.6. The molecule has 0 aliphatic heterocycles. The van der Waals surface area contributed by atoms with Crippen molar-refractivity contribution in [2.24, 2.45) is 0 Å². The molecular weight excluding hydrogens is 264 g/mol. The second-order valence-corrected chi connectivity index (χ2v) is 6.32. The van der Waals surface area contributed by atoms with Crippen molar-refractivity contribution in [1.82, 2.24) is 0 Å². The molecule has 0 saturated heterocycles. The van der Waals surface area contributed by atoms with Gasteiger partial charge in [-0.2, -0.15) is 0 Å². The Morgan fingerprint density at radius 3 is 1.35 bits per heavy atom. The molecule has 0 amide bonds. The fraction of sp³-hybridized carbons (Fsp3) is 0.895. The van der Waals surface area contributed by atoms with E-state index in [1.54, 1.807) is 0 Å². The molecule has 1 heteroatoms. The molecule has 0 fully saturated rings. The summed E-state index contributed by atoms with van der Waals surface area (Å²) in [6.45, 7) is 2.29. The van der Waals surface area contributed by atoms with Gasteiger partial charge >= 0.3 is 0 Å². The average molecular weight is 301 g/mol. The van der Waals surface area contributed by atoms with Crippen molar-refractivity contribution in [2.45, 2.75) is 103 Å². The van der Waals surface area contributed by atoms with Crippen LogP contribution in [0, 0.1) is 0 Å². The van der Waals surface area contributed by atoms with Crippen molar-refractivity contribution >= 4 is 11.6 Å². The first-order chi connectivity index (χ1) is 9.91. The van der Waals surface area contributed by atoms with E-state index in [0.717, 1.165) is 0 Å². The van der Waals surface area contributed by atoms with E-state index in [-0.39, 0.29) is 0 Å². The predicted molar refractivity (Wildman–Crippen MR) is 94.8 cm³/mol. The number of hydrogen-bond donors (Lipinski definition) is 0. The number of allylic oxidation sites excluding steroid dienone is 2. The van der Waals surface area contributed by atoms with Crippen molar-refractivity contribution in [3.8, 4) is 0 Å². The molecule has 0 rings (SSSR count). The Kier molecular flexibility index (Phi) is 19.1. The van der Waals surface area contributed by atoms with Crippen LogP contribution in [0.5, 0.6) is 0 Å². The molecule has 0 aromatic heterocycles. The Balaban J connectivity index is 2.94. The molecule has 0 radical (unpaired) electrons. The lowest BCUT2D eigenvalue weighted by Gasteiger charge is -2.02. The van der Waals surface area contributed by atoms with Gasteiger partial charge in [0.25, 0.3) is 0 Å². The molecule has 0 aromatic rings. The van der Waals surface area contributed by atoms with Crippen LogP contribution in [-0.2, 0) is 0 Å². The highest BCUT2D eigenvalue weighted by atomic mass is 35.5. The molecular formula is C19H37Cl. The average Bonchev–Trinajstić information content (AvgIpc) is 2.47. The summed E-state index contributed by atoms with van der Waals surface area (Å²) in [5.74, 6) is 0.665.